The van der Waals surface area contributed by atoms with Crippen LogP contribution in [0.2, 0.25) is 0 Å². The summed E-state index contributed by atoms with van der Waals surface area (Å²) in [5.41, 5.74) is 2.65. The van der Waals surface area contributed by atoms with E-state index in [1.54, 1.807) is 12.4 Å². The fraction of sp³-hybridized carbons (Fsp3) is 0.368. The lowest BCUT2D eigenvalue weighted by molar-refractivity contribution is 0.0939. The Morgan fingerprint density at radius 1 is 1.26 bits per heavy atom. The van der Waals surface area contributed by atoms with Gasteiger partial charge in [0.15, 0.2) is 0 Å². The van der Waals surface area contributed by atoms with E-state index < -0.39 is 0 Å². The monoisotopic (exact) mass is 311 g/mol. The van der Waals surface area contributed by atoms with Crippen molar-refractivity contribution in [2.24, 2.45) is 0 Å². The zero-order valence-corrected chi connectivity index (χ0v) is 14.1. The number of rotatable bonds is 7. The summed E-state index contributed by atoms with van der Waals surface area (Å²) in [4.78, 5) is 18.8. The Bertz CT molecular complexity index is 628. The van der Waals surface area contributed by atoms with Gasteiger partial charge < -0.3 is 10.2 Å². The predicted octanol–water partition coefficient (Wildman–Crippen LogP) is 3.81. The average Bonchev–Trinajstić information content (AvgIpc) is 2.60. The number of hydrogen-bond donors (Lipinski definition) is 1. The van der Waals surface area contributed by atoms with Gasteiger partial charge in [0, 0.05) is 19.8 Å². The van der Waals surface area contributed by atoms with Crippen molar-refractivity contribution in [3.05, 3.63) is 59.9 Å². The molecule has 0 radical (unpaired) electrons. The van der Waals surface area contributed by atoms with Crippen LogP contribution in [-0.2, 0) is 0 Å². The first-order valence-electron chi connectivity index (χ1n) is 8.13. The molecule has 1 aromatic heterocycles. The smallest absolute Gasteiger partial charge is 0.253 e. The first-order chi connectivity index (χ1) is 11.1. The van der Waals surface area contributed by atoms with E-state index in [1.165, 1.54) is 0 Å². The van der Waals surface area contributed by atoms with E-state index in [1.807, 2.05) is 50.4 Å². The fourth-order valence-corrected chi connectivity index (χ4v) is 2.39. The Morgan fingerprint density at radius 2 is 2.00 bits per heavy atom. The quantitative estimate of drug-likeness (QED) is 0.845. The third kappa shape index (κ3) is 4.81. The summed E-state index contributed by atoms with van der Waals surface area (Å²) in [6, 6.07) is 11.8. The molecule has 1 atom stereocenters. The zero-order chi connectivity index (χ0) is 16.7. The van der Waals surface area contributed by atoms with Gasteiger partial charge in [0.05, 0.1) is 23.5 Å². The van der Waals surface area contributed by atoms with Gasteiger partial charge in [-0.25, -0.2) is 0 Å². The molecule has 0 aliphatic carbocycles. The molecule has 4 nitrogen and oxygen atoms in total. The molecule has 0 fully saturated rings. The van der Waals surface area contributed by atoms with E-state index in [-0.39, 0.29) is 11.9 Å². The van der Waals surface area contributed by atoms with Gasteiger partial charge in [-0.3, -0.25) is 9.78 Å². The number of carbonyl (C=O) groups excluding carboxylic acids is 1. The van der Waals surface area contributed by atoms with Crippen molar-refractivity contribution in [1.82, 2.24) is 10.3 Å². The van der Waals surface area contributed by atoms with Crippen LogP contribution in [0.3, 0.4) is 0 Å². The molecule has 122 valence electrons. The van der Waals surface area contributed by atoms with Crippen molar-refractivity contribution in [1.29, 1.82) is 0 Å². The second-order valence-corrected chi connectivity index (χ2v) is 5.81. The van der Waals surface area contributed by atoms with Crippen molar-refractivity contribution in [3.63, 3.8) is 0 Å². The van der Waals surface area contributed by atoms with E-state index >= 15 is 0 Å². The lowest BCUT2D eigenvalue weighted by atomic mass is 10.1. The number of nitrogens with zero attached hydrogens (tertiary/aromatic N) is 2. The van der Waals surface area contributed by atoms with Crippen LogP contribution >= 0.6 is 0 Å². The molecular weight excluding hydrogens is 286 g/mol. The molecule has 2 rings (SSSR count). The van der Waals surface area contributed by atoms with Crippen LogP contribution < -0.4 is 10.2 Å². The Labute approximate surface area is 138 Å². The van der Waals surface area contributed by atoms with Gasteiger partial charge in [0.2, 0.25) is 0 Å². The number of pyridine rings is 1. The molecule has 0 aliphatic heterocycles. The molecule has 0 spiro atoms. The normalized spacial score (nSPS) is 11.8. The third-order valence-electron chi connectivity index (χ3n) is 3.92. The maximum Gasteiger partial charge on any atom is 0.253 e. The van der Waals surface area contributed by atoms with Gasteiger partial charge in [-0.15, -0.1) is 0 Å². The number of aromatic nitrogens is 1. The molecule has 1 aromatic carbocycles. The summed E-state index contributed by atoms with van der Waals surface area (Å²) in [7, 11) is 2.03. The number of anilines is 1. The molecule has 0 bridgehead atoms. The highest BCUT2D eigenvalue weighted by Gasteiger charge is 2.13. The molecule has 1 amide bonds. The third-order valence-corrected chi connectivity index (χ3v) is 3.92. The Balaban J connectivity index is 2.05. The van der Waals surface area contributed by atoms with Crippen molar-refractivity contribution in [3.8, 4) is 0 Å². The minimum Gasteiger partial charge on any atom is -0.373 e. The van der Waals surface area contributed by atoms with Crippen LogP contribution in [0.5, 0.6) is 0 Å². The Hall–Kier alpha value is -2.36. The molecule has 4 heteroatoms. The van der Waals surface area contributed by atoms with Gasteiger partial charge in [0.25, 0.3) is 5.91 Å². The first-order valence-corrected chi connectivity index (χ1v) is 8.13. The molecule has 23 heavy (non-hydrogen) atoms. The second kappa shape index (κ2) is 8.32. The average molecular weight is 311 g/mol. The van der Waals surface area contributed by atoms with E-state index in [4.69, 9.17) is 0 Å². The van der Waals surface area contributed by atoms with Crippen LogP contribution in [0.4, 0.5) is 5.69 Å². The summed E-state index contributed by atoms with van der Waals surface area (Å²) >= 11 is 0. The number of benzene rings is 1. The van der Waals surface area contributed by atoms with E-state index in [0.29, 0.717) is 5.56 Å². The van der Waals surface area contributed by atoms with E-state index in [9.17, 15) is 4.79 Å². The van der Waals surface area contributed by atoms with Gasteiger partial charge in [-0.2, -0.15) is 0 Å². The minimum absolute atomic E-state index is 0.0369. The molecule has 2 aromatic rings. The molecule has 1 N–H and O–H groups in total. The number of amides is 1. The molecule has 1 unspecified atom stereocenters. The van der Waals surface area contributed by atoms with Crippen molar-refractivity contribution in [2.45, 2.75) is 32.7 Å². The van der Waals surface area contributed by atoms with Crippen LogP contribution in [0.25, 0.3) is 0 Å². The summed E-state index contributed by atoms with van der Waals surface area (Å²) in [6.45, 7) is 5.11. The van der Waals surface area contributed by atoms with Gasteiger partial charge in [-0.1, -0.05) is 43.7 Å². The highest BCUT2D eigenvalue weighted by molar-refractivity contribution is 5.95. The number of nitrogens with one attached hydrogen (secondary N) is 1. The molecule has 1 heterocycles. The highest BCUT2D eigenvalue weighted by atomic mass is 16.1. The Morgan fingerprint density at radius 3 is 2.70 bits per heavy atom. The van der Waals surface area contributed by atoms with Crippen molar-refractivity contribution >= 4 is 11.6 Å². The molecular formula is C19H25N3O. The SMILES string of the molecule is CCCCN(C)c1cncc(C(=O)NC(C)c2ccccc2)c1. The zero-order valence-electron chi connectivity index (χ0n) is 14.1. The van der Waals surface area contributed by atoms with Crippen molar-refractivity contribution < 1.29 is 4.79 Å². The largest absolute Gasteiger partial charge is 0.373 e. The fourth-order valence-electron chi connectivity index (χ4n) is 2.39. The second-order valence-electron chi connectivity index (χ2n) is 5.81. The summed E-state index contributed by atoms with van der Waals surface area (Å²) in [6.07, 6.45) is 5.68. The van der Waals surface area contributed by atoms with Gasteiger partial charge >= 0.3 is 0 Å². The van der Waals surface area contributed by atoms with Crippen LogP contribution in [0.1, 0.15) is 48.7 Å². The summed E-state index contributed by atoms with van der Waals surface area (Å²) < 4.78 is 0. The minimum atomic E-state index is -0.0976. The van der Waals surface area contributed by atoms with Crippen LogP contribution in [0.15, 0.2) is 48.8 Å². The lowest BCUT2D eigenvalue weighted by Gasteiger charge is -2.19. The van der Waals surface area contributed by atoms with E-state index in [0.717, 1.165) is 30.6 Å². The van der Waals surface area contributed by atoms with Gasteiger partial charge in [0.1, 0.15) is 0 Å². The highest BCUT2D eigenvalue weighted by Crippen LogP contribution is 2.16. The molecule has 0 saturated heterocycles. The van der Waals surface area contributed by atoms with Crippen molar-refractivity contribution in [2.75, 3.05) is 18.5 Å². The predicted molar refractivity (Wildman–Crippen MR) is 94.7 cm³/mol. The first kappa shape index (κ1) is 17.0. The van der Waals surface area contributed by atoms with Crippen LogP contribution in [-0.4, -0.2) is 24.5 Å². The molecule has 0 aliphatic rings. The number of carbonyl (C=O) groups is 1. The topological polar surface area (TPSA) is 45.2 Å². The molecule has 0 saturated carbocycles. The number of unbranched alkanes of at least 4 members (excludes halogenated alkanes) is 1. The Kier molecular flexibility index (Phi) is 6.15. The standard InChI is InChI=1S/C19H25N3O/c1-4-5-11-22(3)18-12-17(13-20-14-18)19(23)21-15(2)16-9-7-6-8-10-16/h6-10,12-15H,4-5,11H2,1-3H3,(H,21,23). The summed E-state index contributed by atoms with van der Waals surface area (Å²) in [5.74, 6) is -0.0976. The van der Waals surface area contributed by atoms with Crippen LogP contribution in [0, 0.1) is 0 Å². The lowest BCUT2D eigenvalue weighted by Crippen LogP contribution is -2.27. The summed E-state index contributed by atoms with van der Waals surface area (Å²) in [5, 5.41) is 3.02. The maximum absolute atomic E-state index is 12.4. The maximum atomic E-state index is 12.4. The van der Waals surface area contributed by atoms with E-state index in [2.05, 4.69) is 22.1 Å². The number of hydrogen-bond acceptors (Lipinski definition) is 3. The van der Waals surface area contributed by atoms with Gasteiger partial charge in [-0.05, 0) is 25.0 Å².